The van der Waals surface area contributed by atoms with Crippen molar-refractivity contribution in [2.24, 2.45) is 0 Å². The molecule has 1 aromatic rings. The number of ether oxygens (including phenoxy) is 1. The number of phosphoric acid groups is 1. The van der Waals surface area contributed by atoms with Gasteiger partial charge in [-0.05, 0) is 11.6 Å². The van der Waals surface area contributed by atoms with Crippen LogP contribution in [0.2, 0.25) is 0 Å². The molecule has 17 heavy (non-hydrogen) atoms. The molecule has 1 atom stereocenters. The average molecular weight is 282 g/mol. The molecular formula is C10H12KO5P. The molecule has 0 bridgehead atoms. The first kappa shape index (κ1) is 17.5. The number of hydrogen-bond acceptors (Lipinski definition) is 4. The summed E-state index contributed by atoms with van der Waals surface area (Å²) in [6.45, 7) is -0.160. The summed E-state index contributed by atoms with van der Waals surface area (Å²) in [5, 5.41) is 0. The van der Waals surface area contributed by atoms with E-state index < -0.39 is 7.82 Å². The van der Waals surface area contributed by atoms with Gasteiger partial charge in [-0.1, -0.05) is 30.3 Å². The topological polar surface area (TPSA) is 78.8 Å². The second-order valence-electron chi connectivity index (χ2n) is 2.89. The molecule has 0 aliphatic rings. The Hall–Kier alpha value is 0.506. The minimum absolute atomic E-state index is 0. The van der Waals surface area contributed by atoms with E-state index in [9.17, 15) is 9.46 Å². The second-order valence-corrected chi connectivity index (χ2v) is 4.08. The zero-order chi connectivity index (χ0) is 11.9. The summed E-state index contributed by atoms with van der Waals surface area (Å²) in [7, 11) is -4.63. The van der Waals surface area contributed by atoms with Crippen molar-refractivity contribution >= 4 is 13.9 Å². The van der Waals surface area contributed by atoms with Gasteiger partial charge in [0.1, 0.15) is 6.61 Å². The maximum atomic E-state index is 10.2. The van der Waals surface area contributed by atoms with Gasteiger partial charge in [-0.15, -0.1) is 0 Å². The Labute approximate surface area is 142 Å². The van der Waals surface area contributed by atoms with Crippen molar-refractivity contribution in [3.63, 3.8) is 0 Å². The summed E-state index contributed by atoms with van der Waals surface area (Å²) in [6.07, 6.45) is 3.17. The molecule has 0 aliphatic heterocycles. The molecule has 5 nitrogen and oxygen atoms in total. The molecule has 1 aromatic carbocycles. The maximum absolute atomic E-state index is 10.2. The van der Waals surface area contributed by atoms with E-state index in [4.69, 9.17) is 9.63 Å². The SMILES string of the molecule is O=P([O-])(O)OCCOC=Cc1ccccc1.[K+]. The molecule has 0 aromatic heterocycles. The van der Waals surface area contributed by atoms with Crippen LogP contribution in [0.5, 0.6) is 0 Å². The van der Waals surface area contributed by atoms with Crippen LogP contribution >= 0.6 is 7.82 Å². The predicted molar refractivity (Wildman–Crippen MR) is 57.2 cm³/mol. The fraction of sp³-hybridized carbons (Fsp3) is 0.200. The number of phosphoric ester groups is 1. The summed E-state index contributed by atoms with van der Waals surface area (Å²) in [4.78, 5) is 18.4. The van der Waals surface area contributed by atoms with Crippen LogP contribution in [0.25, 0.3) is 6.08 Å². The van der Waals surface area contributed by atoms with Crippen molar-refractivity contribution in [2.75, 3.05) is 13.2 Å². The van der Waals surface area contributed by atoms with Gasteiger partial charge in [0.25, 0.3) is 7.82 Å². The molecule has 0 spiro atoms. The van der Waals surface area contributed by atoms with Crippen molar-refractivity contribution < 1.29 is 75.0 Å². The van der Waals surface area contributed by atoms with Crippen LogP contribution in [0, 0.1) is 0 Å². The third-order valence-corrected chi connectivity index (χ3v) is 2.12. The summed E-state index contributed by atoms with van der Waals surface area (Å²) in [5.74, 6) is 0. The molecule has 0 fully saturated rings. The van der Waals surface area contributed by atoms with Crippen molar-refractivity contribution in [3.05, 3.63) is 42.2 Å². The second kappa shape index (κ2) is 9.44. The Bertz CT molecular complexity index is 376. The smallest absolute Gasteiger partial charge is 0.756 e. The van der Waals surface area contributed by atoms with Gasteiger partial charge >= 0.3 is 51.4 Å². The van der Waals surface area contributed by atoms with E-state index in [2.05, 4.69) is 4.52 Å². The molecule has 0 radical (unpaired) electrons. The standard InChI is InChI=1S/C10H13O5P.K/c11-16(12,13)15-9-8-14-7-6-10-4-2-1-3-5-10;/h1-7H,8-9H2,(H2,11,12,13);/q;+1/p-1. The molecule has 7 heteroatoms. The van der Waals surface area contributed by atoms with E-state index in [-0.39, 0.29) is 64.6 Å². The molecule has 1 unspecified atom stereocenters. The monoisotopic (exact) mass is 282 g/mol. The fourth-order valence-corrected chi connectivity index (χ4v) is 1.26. The Balaban J connectivity index is 0.00000256. The largest absolute Gasteiger partial charge is 1.00 e. The molecule has 0 saturated heterocycles. The summed E-state index contributed by atoms with van der Waals surface area (Å²) in [5.41, 5.74) is 0.972. The van der Waals surface area contributed by atoms with E-state index in [1.54, 1.807) is 6.08 Å². The van der Waals surface area contributed by atoms with Crippen molar-refractivity contribution in [2.45, 2.75) is 0 Å². The van der Waals surface area contributed by atoms with Crippen molar-refractivity contribution in [1.82, 2.24) is 0 Å². The third-order valence-electron chi connectivity index (χ3n) is 1.61. The molecule has 1 rings (SSSR count). The van der Waals surface area contributed by atoms with Gasteiger partial charge in [0.05, 0.1) is 12.9 Å². The summed E-state index contributed by atoms with van der Waals surface area (Å²) >= 11 is 0. The van der Waals surface area contributed by atoms with Gasteiger partial charge in [-0.2, -0.15) is 0 Å². The van der Waals surface area contributed by atoms with Gasteiger partial charge in [-0.3, -0.25) is 4.57 Å². The normalized spacial score (nSPS) is 14.0. The molecule has 0 amide bonds. The minimum Gasteiger partial charge on any atom is -0.756 e. The number of rotatable bonds is 6. The van der Waals surface area contributed by atoms with E-state index in [0.29, 0.717) is 0 Å². The van der Waals surface area contributed by atoms with E-state index in [1.165, 1.54) is 6.26 Å². The van der Waals surface area contributed by atoms with Crippen molar-refractivity contribution in [1.29, 1.82) is 0 Å². The van der Waals surface area contributed by atoms with Crippen LogP contribution in [0.4, 0.5) is 0 Å². The third kappa shape index (κ3) is 10.1. The van der Waals surface area contributed by atoms with E-state index in [0.717, 1.165) is 5.56 Å². The van der Waals surface area contributed by atoms with Crippen LogP contribution in [0.3, 0.4) is 0 Å². The average Bonchev–Trinajstić information content (AvgIpc) is 2.23. The minimum atomic E-state index is -4.63. The van der Waals surface area contributed by atoms with Gasteiger partial charge in [0.15, 0.2) is 0 Å². The Morgan fingerprint density at radius 1 is 1.29 bits per heavy atom. The maximum Gasteiger partial charge on any atom is 1.00 e. The quantitative estimate of drug-likeness (QED) is 0.287. The van der Waals surface area contributed by atoms with Gasteiger partial charge in [-0.25, -0.2) is 0 Å². The first-order valence-electron chi connectivity index (χ1n) is 4.59. The zero-order valence-corrected chi connectivity index (χ0v) is 13.5. The molecule has 88 valence electrons. The first-order valence-corrected chi connectivity index (χ1v) is 6.09. The Kier molecular flexibility index (Phi) is 9.72. The van der Waals surface area contributed by atoms with Gasteiger partial charge in [0, 0.05) is 0 Å². The van der Waals surface area contributed by atoms with E-state index in [1.807, 2.05) is 30.3 Å². The molecule has 0 heterocycles. The van der Waals surface area contributed by atoms with Crippen molar-refractivity contribution in [3.8, 4) is 0 Å². The first-order chi connectivity index (χ1) is 7.58. The van der Waals surface area contributed by atoms with Crippen LogP contribution in [0.15, 0.2) is 36.6 Å². The molecular weight excluding hydrogens is 270 g/mol. The number of benzene rings is 1. The van der Waals surface area contributed by atoms with Gasteiger partial charge in [0.2, 0.25) is 0 Å². The molecule has 0 aliphatic carbocycles. The summed E-state index contributed by atoms with van der Waals surface area (Å²) in [6, 6.07) is 9.48. The predicted octanol–water partition coefficient (Wildman–Crippen LogP) is -1.84. The van der Waals surface area contributed by atoms with Crippen LogP contribution < -0.4 is 56.3 Å². The fourth-order valence-electron chi connectivity index (χ4n) is 0.960. The van der Waals surface area contributed by atoms with E-state index >= 15 is 0 Å². The summed E-state index contributed by atoms with van der Waals surface area (Å²) < 4.78 is 19.2. The Morgan fingerprint density at radius 3 is 2.53 bits per heavy atom. The van der Waals surface area contributed by atoms with Crippen LogP contribution in [0.1, 0.15) is 5.56 Å². The number of hydrogen-bond donors (Lipinski definition) is 1. The van der Waals surface area contributed by atoms with Crippen LogP contribution in [-0.2, 0) is 13.8 Å². The Morgan fingerprint density at radius 2 is 1.94 bits per heavy atom. The van der Waals surface area contributed by atoms with Crippen LogP contribution in [-0.4, -0.2) is 18.1 Å². The van der Waals surface area contributed by atoms with Gasteiger partial charge < -0.3 is 19.0 Å². The molecule has 0 saturated carbocycles. The zero-order valence-electron chi connectivity index (χ0n) is 9.48. The molecule has 1 N–H and O–H groups in total.